The Balaban J connectivity index is 1.58. The maximum absolute atomic E-state index is 13.8. The van der Waals surface area contributed by atoms with E-state index in [9.17, 15) is 13.2 Å². The molecule has 0 amide bonds. The van der Waals surface area contributed by atoms with Gasteiger partial charge in [-0.05, 0) is 43.2 Å². The van der Waals surface area contributed by atoms with Crippen molar-refractivity contribution in [2.75, 3.05) is 18.0 Å². The number of hydrogen-bond donors (Lipinski definition) is 1. The molecule has 4 nitrogen and oxygen atoms in total. The summed E-state index contributed by atoms with van der Waals surface area (Å²) in [7, 11) is 0. The summed E-state index contributed by atoms with van der Waals surface area (Å²) in [6.45, 7) is 1.26. The van der Waals surface area contributed by atoms with Crippen LogP contribution in [-0.2, 0) is 6.18 Å². The molecule has 2 aromatic rings. The molecule has 1 aromatic heterocycles. The van der Waals surface area contributed by atoms with Crippen molar-refractivity contribution in [3.63, 3.8) is 0 Å². The number of benzene rings is 1. The van der Waals surface area contributed by atoms with Gasteiger partial charge in [-0.25, -0.2) is 9.97 Å². The van der Waals surface area contributed by atoms with Gasteiger partial charge in [-0.3, -0.25) is 0 Å². The van der Waals surface area contributed by atoms with Crippen molar-refractivity contribution in [2.24, 2.45) is 11.1 Å². The molecule has 1 aromatic carbocycles. The largest absolute Gasteiger partial charge is 0.436 e. The fourth-order valence-corrected chi connectivity index (χ4v) is 5.81. The lowest BCUT2D eigenvalue weighted by atomic mass is 9.74. The molecule has 1 aliphatic carbocycles. The first-order valence-corrected chi connectivity index (χ1v) is 11.3. The summed E-state index contributed by atoms with van der Waals surface area (Å²) in [6, 6.07) is 4.98. The Bertz CT molecular complexity index is 933. The van der Waals surface area contributed by atoms with Crippen LogP contribution < -0.4 is 10.6 Å². The summed E-state index contributed by atoms with van der Waals surface area (Å²) < 4.78 is 41.3. The Hall–Kier alpha value is -1.22. The van der Waals surface area contributed by atoms with Crippen molar-refractivity contribution < 1.29 is 13.2 Å². The number of nitrogens with two attached hydrogens (primary N) is 1. The lowest BCUT2D eigenvalue weighted by molar-refractivity contribution is -0.143. The molecule has 2 fully saturated rings. The lowest BCUT2D eigenvalue weighted by Gasteiger charge is -2.42. The van der Waals surface area contributed by atoms with Crippen molar-refractivity contribution >= 4 is 40.8 Å². The number of alkyl halides is 3. The van der Waals surface area contributed by atoms with E-state index >= 15 is 0 Å². The Morgan fingerprint density at radius 3 is 2.53 bits per heavy atom. The molecule has 0 bridgehead atoms. The van der Waals surface area contributed by atoms with E-state index in [4.69, 9.17) is 28.9 Å². The molecule has 2 aliphatic rings. The topological polar surface area (TPSA) is 55.0 Å². The molecule has 1 aliphatic heterocycles. The molecule has 1 atom stereocenters. The van der Waals surface area contributed by atoms with Crippen LogP contribution in [-0.4, -0.2) is 29.1 Å². The quantitative estimate of drug-likeness (QED) is 0.583. The second-order valence-corrected chi connectivity index (χ2v) is 9.70. The van der Waals surface area contributed by atoms with Crippen LogP contribution in [0.15, 0.2) is 34.3 Å². The number of piperidine rings is 1. The van der Waals surface area contributed by atoms with Gasteiger partial charge in [0.1, 0.15) is 10.8 Å². The van der Waals surface area contributed by atoms with Gasteiger partial charge in [0, 0.05) is 24.0 Å². The molecular weight excluding hydrogens is 456 g/mol. The van der Waals surface area contributed by atoms with E-state index in [1.54, 1.807) is 18.2 Å². The third kappa shape index (κ3) is 4.24. The fraction of sp³-hybridized carbons (Fsp3) is 0.500. The summed E-state index contributed by atoms with van der Waals surface area (Å²) in [6.07, 6.45) is 1.74. The van der Waals surface area contributed by atoms with Crippen LogP contribution in [0, 0.1) is 5.41 Å². The smallest absolute Gasteiger partial charge is 0.355 e. The van der Waals surface area contributed by atoms with Gasteiger partial charge in [-0.15, -0.1) is 0 Å². The molecule has 1 spiro atoms. The van der Waals surface area contributed by atoms with Crippen LogP contribution in [0.25, 0.3) is 0 Å². The Labute approximate surface area is 187 Å². The van der Waals surface area contributed by atoms with Gasteiger partial charge < -0.3 is 10.6 Å². The summed E-state index contributed by atoms with van der Waals surface area (Å²) in [4.78, 5) is 10.3. The third-order valence-electron chi connectivity index (χ3n) is 6.18. The molecule has 0 unspecified atom stereocenters. The second kappa shape index (κ2) is 8.37. The van der Waals surface area contributed by atoms with Crippen molar-refractivity contribution in [3.8, 4) is 0 Å². The van der Waals surface area contributed by atoms with E-state index in [-0.39, 0.29) is 32.3 Å². The number of nitrogens with zero attached hydrogens (tertiary/aromatic N) is 3. The van der Waals surface area contributed by atoms with Gasteiger partial charge in [0.25, 0.3) is 0 Å². The Kier molecular flexibility index (Phi) is 6.14. The second-order valence-electron chi connectivity index (χ2n) is 7.88. The van der Waals surface area contributed by atoms with Crippen LogP contribution in [0.1, 0.15) is 37.8 Å². The number of anilines is 1. The first-order chi connectivity index (χ1) is 14.2. The summed E-state index contributed by atoms with van der Waals surface area (Å²) in [5.41, 5.74) is 5.41. The maximum atomic E-state index is 13.8. The normalized spacial score (nSPS) is 21.4. The minimum absolute atomic E-state index is 0.121. The molecule has 2 N–H and O–H groups in total. The van der Waals surface area contributed by atoms with Crippen LogP contribution in [0.4, 0.5) is 19.0 Å². The van der Waals surface area contributed by atoms with Gasteiger partial charge >= 0.3 is 6.18 Å². The first-order valence-electron chi connectivity index (χ1n) is 9.76. The minimum atomic E-state index is -4.64. The third-order valence-corrected chi connectivity index (χ3v) is 8.16. The van der Waals surface area contributed by atoms with Crippen LogP contribution in [0.2, 0.25) is 10.0 Å². The molecule has 2 heterocycles. The van der Waals surface area contributed by atoms with E-state index in [0.717, 1.165) is 43.9 Å². The summed E-state index contributed by atoms with van der Waals surface area (Å²) in [5.74, 6) is 0.241. The van der Waals surface area contributed by atoms with Gasteiger partial charge in [0.15, 0.2) is 5.69 Å². The van der Waals surface area contributed by atoms with Gasteiger partial charge in [-0.1, -0.05) is 47.5 Å². The average molecular weight is 477 g/mol. The van der Waals surface area contributed by atoms with Gasteiger partial charge in [-0.2, -0.15) is 13.2 Å². The SMILES string of the molecule is N[C@@H]1CCCC12CCN(c1cnc(Sc3cccc(Cl)c3Cl)c(C(F)(F)F)n1)CC2. The fourth-order valence-electron chi connectivity index (χ4n) is 4.41. The van der Waals surface area contributed by atoms with Gasteiger partial charge in [0.2, 0.25) is 0 Å². The van der Waals surface area contributed by atoms with E-state index in [1.807, 2.05) is 4.90 Å². The van der Waals surface area contributed by atoms with Crippen molar-refractivity contribution in [3.05, 3.63) is 40.1 Å². The number of aromatic nitrogens is 2. The molecule has 0 radical (unpaired) electrons. The van der Waals surface area contributed by atoms with Crippen molar-refractivity contribution in [2.45, 2.75) is 54.2 Å². The molecule has 1 saturated heterocycles. The highest BCUT2D eigenvalue weighted by Gasteiger charge is 2.43. The first kappa shape index (κ1) is 22.0. The van der Waals surface area contributed by atoms with Crippen molar-refractivity contribution in [1.82, 2.24) is 9.97 Å². The van der Waals surface area contributed by atoms with E-state index < -0.39 is 11.9 Å². The standard InChI is InChI=1S/C20H21Cl2F3N4S/c21-12-3-1-4-13(16(12)22)30-18-17(20(23,24)25)28-15(11-27-18)29-9-7-19(8-10-29)6-2-5-14(19)26/h1,3-4,11,14H,2,5-10,26H2/t14-/m1/s1. The highest BCUT2D eigenvalue weighted by Crippen LogP contribution is 2.46. The Morgan fingerprint density at radius 2 is 1.90 bits per heavy atom. The molecule has 1 saturated carbocycles. The number of halogens is 5. The predicted octanol–water partition coefficient (Wildman–Crippen LogP) is 6.05. The zero-order valence-electron chi connectivity index (χ0n) is 16.1. The van der Waals surface area contributed by atoms with Gasteiger partial charge in [0.05, 0.1) is 16.2 Å². The van der Waals surface area contributed by atoms with Crippen molar-refractivity contribution in [1.29, 1.82) is 0 Å². The number of rotatable bonds is 3. The lowest BCUT2D eigenvalue weighted by Crippen LogP contribution is -2.47. The summed E-state index contributed by atoms with van der Waals surface area (Å²) >= 11 is 12.9. The molecule has 162 valence electrons. The Morgan fingerprint density at radius 1 is 1.17 bits per heavy atom. The molecule has 10 heteroatoms. The molecule has 4 rings (SSSR count). The maximum Gasteiger partial charge on any atom is 0.436 e. The predicted molar refractivity (Wildman–Crippen MR) is 113 cm³/mol. The highest BCUT2D eigenvalue weighted by molar-refractivity contribution is 7.99. The van der Waals surface area contributed by atoms with E-state index in [0.29, 0.717) is 18.0 Å². The average Bonchev–Trinajstić information content (AvgIpc) is 3.05. The highest BCUT2D eigenvalue weighted by atomic mass is 35.5. The van der Waals surface area contributed by atoms with E-state index in [1.165, 1.54) is 6.20 Å². The van der Waals surface area contributed by atoms with Crippen LogP contribution in [0.5, 0.6) is 0 Å². The van der Waals surface area contributed by atoms with E-state index in [2.05, 4.69) is 9.97 Å². The molecule has 30 heavy (non-hydrogen) atoms. The van der Waals surface area contributed by atoms with Crippen LogP contribution >= 0.6 is 35.0 Å². The van der Waals surface area contributed by atoms with Crippen LogP contribution in [0.3, 0.4) is 0 Å². The molecular formula is C20H21Cl2F3N4S. The monoisotopic (exact) mass is 476 g/mol. The summed E-state index contributed by atoms with van der Waals surface area (Å²) in [5, 5.41) is 0.214. The zero-order valence-corrected chi connectivity index (χ0v) is 18.4. The minimum Gasteiger partial charge on any atom is -0.355 e. The number of hydrogen-bond acceptors (Lipinski definition) is 5. The zero-order chi connectivity index (χ0) is 21.5.